The molecule has 1 N–H and O–H groups in total. The Labute approximate surface area is 136 Å². The first-order valence-electron chi connectivity index (χ1n) is 6.72. The fourth-order valence-electron chi connectivity index (χ4n) is 2.31. The van der Waals surface area contributed by atoms with Crippen molar-refractivity contribution in [2.75, 3.05) is 5.32 Å². The van der Waals surface area contributed by atoms with Gasteiger partial charge in [0.25, 0.3) is 0 Å². The number of fused-ring (bicyclic) bond motifs is 1. The monoisotopic (exact) mass is 335 g/mol. The summed E-state index contributed by atoms with van der Waals surface area (Å²) in [5, 5.41) is 10.0. The van der Waals surface area contributed by atoms with Crippen molar-refractivity contribution in [3.63, 3.8) is 0 Å². The van der Waals surface area contributed by atoms with Crippen molar-refractivity contribution < 1.29 is 9.32 Å². The zero-order chi connectivity index (χ0) is 15.7. The van der Waals surface area contributed by atoms with Gasteiger partial charge in [0.15, 0.2) is 10.7 Å². The maximum absolute atomic E-state index is 12.1. The minimum Gasteiger partial charge on any atom is -0.356 e. The van der Waals surface area contributed by atoms with E-state index >= 15 is 0 Å². The average molecular weight is 336 g/mol. The molecule has 0 atom stereocenters. The van der Waals surface area contributed by atoms with Gasteiger partial charge in [0, 0.05) is 10.8 Å². The van der Waals surface area contributed by atoms with Crippen LogP contribution in [0.15, 0.2) is 22.0 Å². The summed E-state index contributed by atoms with van der Waals surface area (Å²) < 4.78 is 5.35. The molecule has 0 bridgehead atoms. The lowest BCUT2D eigenvalue weighted by atomic mass is 10.1. The number of nitrogens with one attached hydrogen (secondary N) is 1. The maximum Gasteiger partial charge on any atom is 0.232 e. The summed E-state index contributed by atoms with van der Waals surface area (Å²) in [6.45, 7) is 3.97. The molecule has 1 aromatic carbocycles. The van der Waals surface area contributed by atoms with Crippen LogP contribution in [0.4, 0.5) is 5.13 Å². The van der Waals surface area contributed by atoms with E-state index in [1.807, 2.05) is 31.4 Å². The smallest absolute Gasteiger partial charge is 0.232 e. The van der Waals surface area contributed by atoms with E-state index in [1.54, 1.807) is 0 Å². The number of alkyl halides is 1. The van der Waals surface area contributed by atoms with Crippen LogP contribution in [0, 0.1) is 13.8 Å². The second kappa shape index (κ2) is 6.06. The zero-order valence-corrected chi connectivity index (χ0v) is 13.7. The lowest BCUT2D eigenvalue weighted by molar-refractivity contribution is -0.115. The summed E-state index contributed by atoms with van der Waals surface area (Å²) in [6.07, 6.45) is 0.145. The molecule has 0 aliphatic heterocycles. The fraction of sp³-hybridized carbons (Fsp3) is 0.267. The van der Waals surface area contributed by atoms with Crippen molar-refractivity contribution in [1.82, 2.24) is 10.1 Å². The van der Waals surface area contributed by atoms with E-state index in [2.05, 4.69) is 15.5 Å². The van der Waals surface area contributed by atoms with Crippen LogP contribution in [-0.4, -0.2) is 16.0 Å². The predicted octanol–water partition coefficient (Wildman–Crippen LogP) is 3.82. The van der Waals surface area contributed by atoms with Crippen molar-refractivity contribution in [2.24, 2.45) is 0 Å². The molecule has 0 radical (unpaired) electrons. The molecule has 1 amide bonds. The van der Waals surface area contributed by atoms with Crippen molar-refractivity contribution in [3.05, 3.63) is 40.0 Å². The minimum atomic E-state index is -0.176. The molecule has 0 saturated heterocycles. The summed E-state index contributed by atoms with van der Waals surface area (Å²) in [4.78, 5) is 16.3. The lowest BCUT2D eigenvalue weighted by Gasteiger charge is -2.00. The Kier molecular flexibility index (Phi) is 4.13. The summed E-state index contributed by atoms with van der Waals surface area (Å²) in [7, 11) is 0. The van der Waals surface area contributed by atoms with Crippen LogP contribution in [0.5, 0.6) is 0 Å². The Morgan fingerprint density at radius 3 is 2.95 bits per heavy atom. The first kappa shape index (κ1) is 15.0. The van der Waals surface area contributed by atoms with E-state index in [0.29, 0.717) is 16.7 Å². The number of thiazole rings is 1. The van der Waals surface area contributed by atoms with Crippen molar-refractivity contribution in [3.8, 4) is 0 Å². The van der Waals surface area contributed by atoms with Crippen LogP contribution in [-0.2, 0) is 17.1 Å². The van der Waals surface area contributed by atoms with Gasteiger partial charge < -0.3 is 9.84 Å². The second-order valence-electron chi connectivity index (χ2n) is 5.09. The SMILES string of the molecule is Cc1cc(C)c2onc(CC(=O)Nc3nc(CCl)cs3)c2c1. The number of nitrogens with zero attached hydrogens (tertiary/aromatic N) is 2. The van der Waals surface area contributed by atoms with Crippen LogP contribution in [0.2, 0.25) is 0 Å². The number of rotatable bonds is 4. The number of carbonyl (C=O) groups is 1. The molecule has 0 spiro atoms. The number of aromatic nitrogens is 2. The zero-order valence-electron chi connectivity index (χ0n) is 12.1. The largest absolute Gasteiger partial charge is 0.356 e. The van der Waals surface area contributed by atoms with Crippen molar-refractivity contribution >= 4 is 44.9 Å². The molecule has 3 aromatic rings. The number of aryl methyl sites for hydroxylation is 2. The highest BCUT2D eigenvalue weighted by Crippen LogP contribution is 2.24. The van der Waals surface area contributed by atoms with Gasteiger partial charge in [-0.2, -0.15) is 0 Å². The highest BCUT2D eigenvalue weighted by atomic mass is 35.5. The van der Waals surface area contributed by atoms with Crippen molar-refractivity contribution in [1.29, 1.82) is 0 Å². The topological polar surface area (TPSA) is 68.0 Å². The number of carbonyl (C=O) groups excluding carboxylic acids is 1. The molecular formula is C15H14ClN3O2S. The normalized spacial score (nSPS) is 11.0. The van der Waals surface area contributed by atoms with E-state index in [-0.39, 0.29) is 12.3 Å². The molecular weight excluding hydrogens is 322 g/mol. The summed E-state index contributed by atoms with van der Waals surface area (Å²) in [5.74, 6) is 0.156. The van der Waals surface area contributed by atoms with E-state index < -0.39 is 0 Å². The predicted molar refractivity (Wildman–Crippen MR) is 87.5 cm³/mol. The highest BCUT2D eigenvalue weighted by Gasteiger charge is 2.15. The number of halogens is 1. The summed E-state index contributed by atoms with van der Waals surface area (Å²) >= 11 is 7.05. The number of amides is 1. The Morgan fingerprint density at radius 2 is 2.23 bits per heavy atom. The Bertz CT molecular complexity index is 841. The van der Waals surface area contributed by atoms with Gasteiger partial charge in [-0.25, -0.2) is 4.98 Å². The maximum atomic E-state index is 12.1. The molecule has 0 fully saturated rings. The molecule has 114 valence electrons. The first-order valence-corrected chi connectivity index (χ1v) is 8.14. The third-order valence-electron chi connectivity index (χ3n) is 3.24. The minimum absolute atomic E-state index is 0.145. The van der Waals surface area contributed by atoms with E-state index in [4.69, 9.17) is 16.1 Å². The van der Waals surface area contributed by atoms with Gasteiger partial charge in [-0.3, -0.25) is 4.79 Å². The van der Waals surface area contributed by atoms with Gasteiger partial charge in [0.05, 0.1) is 18.0 Å². The van der Waals surface area contributed by atoms with Crippen LogP contribution >= 0.6 is 22.9 Å². The van der Waals surface area contributed by atoms with Crippen LogP contribution < -0.4 is 5.32 Å². The van der Waals surface area contributed by atoms with Gasteiger partial charge in [-0.1, -0.05) is 11.2 Å². The van der Waals surface area contributed by atoms with E-state index in [1.165, 1.54) is 11.3 Å². The molecule has 3 rings (SSSR count). The fourth-order valence-corrected chi connectivity index (χ4v) is 3.26. The third-order valence-corrected chi connectivity index (χ3v) is 4.32. The van der Waals surface area contributed by atoms with Gasteiger partial charge in [-0.05, 0) is 31.0 Å². The second-order valence-corrected chi connectivity index (χ2v) is 6.22. The number of benzene rings is 1. The first-order chi connectivity index (χ1) is 10.6. The quantitative estimate of drug-likeness (QED) is 0.736. The molecule has 7 heteroatoms. The van der Waals surface area contributed by atoms with Crippen LogP contribution in [0.1, 0.15) is 22.5 Å². The summed E-state index contributed by atoms with van der Waals surface area (Å²) in [5.41, 5.74) is 4.24. The Morgan fingerprint density at radius 1 is 1.41 bits per heavy atom. The van der Waals surface area contributed by atoms with Gasteiger partial charge in [-0.15, -0.1) is 22.9 Å². The number of hydrogen-bond donors (Lipinski definition) is 1. The molecule has 0 unspecified atom stereocenters. The third kappa shape index (κ3) is 2.98. The highest BCUT2D eigenvalue weighted by molar-refractivity contribution is 7.13. The molecule has 2 aromatic heterocycles. The molecule has 0 aliphatic carbocycles. The summed E-state index contributed by atoms with van der Waals surface area (Å²) in [6, 6.07) is 4.01. The molecule has 5 nitrogen and oxygen atoms in total. The number of hydrogen-bond acceptors (Lipinski definition) is 5. The van der Waals surface area contributed by atoms with Crippen LogP contribution in [0.25, 0.3) is 11.0 Å². The standard InChI is InChI=1S/C15H14ClN3O2S/c1-8-3-9(2)14-11(4-8)12(19-21-14)5-13(20)18-15-17-10(6-16)7-22-15/h3-4,7H,5-6H2,1-2H3,(H,17,18,20). The van der Waals surface area contributed by atoms with Crippen LogP contribution in [0.3, 0.4) is 0 Å². The van der Waals surface area contributed by atoms with Gasteiger partial charge in [0.2, 0.25) is 5.91 Å². The number of anilines is 1. The average Bonchev–Trinajstić information content (AvgIpc) is 3.06. The van der Waals surface area contributed by atoms with E-state index in [9.17, 15) is 4.79 Å². The van der Waals surface area contributed by atoms with Gasteiger partial charge >= 0.3 is 0 Å². The van der Waals surface area contributed by atoms with E-state index in [0.717, 1.165) is 27.8 Å². The Hall–Kier alpha value is -1.92. The Balaban J connectivity index is 1.79. The van der Waals surface area contributed by atoms with Gasteiger partial charge in [0.1, 0.15) is 5.69 Å². The molecule has 2 heterocycles. The lowest BCUT2D eigenvalue weighted by Crippen LogP contribution is -2.14. The molecule has 22 heavy (non-hydrogen) atoms. The molecule has 0 saturated carbocycles. The van der Waals surface area contributed by atoms with Crippen molar-refractivity contribution in [2.45, 2.75) is 26.1 Å². The molecule has 0 aliphatic rings.